The Morgan fingerprint density at radius 1 is 1.32 bits per heavy atom. The molecule has 1 N–H and O–H groups in total. The minimum atomic E-state index is -0.622. The van der Waals surface area contributed by atoms with Gasteiger partial charge in [0.15, 0.2) is 6.61 Å². The van der Waals surface area contributed by atoms with Crippen molar-refractivity contribution in [1.29, 1.82) is 0 Å². The molecule has 1 aliphatic rings. The Bertz CT molecular complexity index is 563. The third-order valence-corrected chi connectivity index (χ3v) is 4.88. The van der Waals surface area contributed by atoms with Gasteiger partial charge in [-0.15, -0.1) is 0 Å². The van der Waals surface area contributed by atoms with E-state index in [1.165, 1.54) is 10.6 Å². The summed E-state index contributed by atoms with van der Waals surface area (Å²) in [4.78, 5) is 23.8. The molecular weight excluding hydrogens is 327 g/mol. The molecule has 0 aliphatic heterocycles. The Labute approximate surface area is 139 Å². The molecule has 0 bridgehead atoms. The molecule has 1 saturated carbocycles. The quantitative estimate of drug-likeness (QED) is 0.851. The van der Waals surface area contributed by atoms with Crippen molar-refractivity contribution in [3.05, 3.63) is 21.9 Å². The van der Waals surface area contributed by atoms with Gasteiger partial charge in [-0.1, -0.05) is 30.1 Å². The summed E-state index contributed by atoms with van der Waals surface area (Å²) in [7, 11) is 1.61. The molecule has 0 atom stereocenters. The molecule has 0 radical (unpaired) electrons. The number of amides is 1. The van der Waals surface area contributed by atoms with Crippen LogP contribution in [0.25, 0.3) is 0 Å². The summed E-state index contributed by atoms with van der Waals surface area (Å²) in [6.45, 7) is 1.92. The fourth-order valence-corrected chi connectivity index (χ4v) is 2.99. The second-order valence-corrected chi connectivity index (χ2v) is 6.59. The summed E-state index contributed by atoms with van der Waals surface area (Å²) in [6, 6.07) is 1.61. The molecule has 0 spiro atoms. The Balaban J connectivity index is 1.80. The molecule has 1 fully saturated rings. The minimum Gasteiger partial charge on any atom is -0.451 e. The molecule has 7 heteroatoms. The third-order valence-electron chi connectivity index (χ3n) is 4.04. The highest BCUT2D eigenvalue weighted by Crippen LogP contribution is 2.25. The first-order valence-corrected chi connectivity index (χ1v) is 8.11. The summed E-state index contributed by atoms with van der Waals surface area (Å²) in [5.41, 5.74) is 0.217. The minimum absolute atomic E-state index is 0.182. The van der Waals surface area contributed by atoms with Crippen LogP contribution in [0.3, 0.4) is 0 Å². The van der Waals surface area contributed by atoms with Crippen molar-refractivity contribution in [2.45, 2.75) is 38.6 Å². The maximum absolute atomic E-state index is 11.9. The van der Waals surface area contributed by atoms with E-state index in [9.17, 15) is 9.59 Å². The van der Waals surface area contributed by atoms with E-state index >= 15 is 0 Å². The monoisotopic (exact) mass is 346 g/mol. The van der Waals surface area contributed by atoms with E-state index in [1.807, 2.05) is 0 Å². The van der Waals surface area contributed by atoms with Crippen LogP contribution in [0, 0.1) is 5.92 Å². The van der Waals surface area contributed by atoms with Gasteiger partial charge in [-0.2, -0.15) is 0 Å². The zero-order valence-corrected chi connectivity index (χ0v) is 14.2. The van der Waals surface area contributed by atoms with Crippen molar-refractivity contribution in [1.82, 2.24) is 9.88 Å². The lowest BCUT2D eigenvalue weighted by Crippen LogP contribution is -2.39. The van der Waals surface area contributed by atoms with Crippen LogP contribution in [0.4, 0.5) is 0 Å². The number of rotatable bonds is 4. The second-order valence-electron chi connectivity index (χ2n) is 5.83. The van der Waals surface area contributed by atoms with E-state index in [0.717, 1.165) is 31.6 Å². The van der Waals surface area contributed by atoms with Gasteiger partial charge in [0, 0.05) is 13.1 Å². The number of nitrogens with zero attached hydrogens (tertiary/aromatic N) is 1. The molecule has 1 heterocycles. The number of carbonyl (C=O) groups is 2. The molecule has 0 saturated heterocycles. The molecular formula is C15H20Cl2N2O3. The van der Waals surface area contributed by atoms with Crippen LogP contribution < -0.4 is 5.32 Å². The Hall–Kier alpha value is -1.20. The van der Waals surface area contributed by atoms with Crippen LogP contribution in [-0.2, 0) is 16.6 Å². The van der Waals surface area contributed by atoms with Gasteiger partial charge in [0.1, 0.15) is 10.8 Å². The molecule has 1 amide bonds. The number of hydrogen-bond acceptors (Lipinski definition) is 3. The maximum atomic E-state index is 11.9. The predicted molar refractivity (Wildman–Crippen MR) is 85.3 cm³/mol. The summed E-state index contributed by atoms with van der Waals surface area (Å²) in [5.74, 6) is -0.180. The number of nitrogens with one attached hydrogen (secondary N) is 1. The van der Waals surface area contributed by atoms with Gasteiger partial charge < -0.3 is 14.6 Å². The van der Waals surface area contributed by atoms with E-state index in [1.54, 1.807) is 7.05 Å². The third kappa shape index (κ3) is 4.17. The molecule has 5 nitrogen and oxygen atoms in total. The van der Waals surface area contributed by atoms with E-state index in [0.29, 0.717) is 0 Å². The number of halogens is 2. The SMILES string of the molecule is CC1CCC(NC(=O)COC(=O)c2cc(Cl)c(Cl)n2C)CC1. The zero-order valence-electron chi connectivity index (χ0n) is 12.7. The molecule has 0 aromatic carbocycles. The molecule has 22 heavy (non-hydrogen) atoms. The van der Waals surface area contributed by atoms with Crippen LogP contribution in [-0.4, -0.2) is 29.1 Å². The maximum Gasteiger partial charge on any atom is 0.355 e. The molecule has 1 aliphatic carbocycles. The van der Waals surface area contributed by atoms with Gasteiger partial charge in [0.2, 0.25) is 0 Å². The average Bonchev–Trinajstić information content (AvgIpc) is 2.75. The smallest absolute Gasteiger partial charge is 0.355 e. The Morgan fingerprint density at radius 2 is 1.95 bits per heavy atom. The molecule has 1 aromatic heterocycles. The number of ether oxygens (including phenoxy) is 1. The van der Waals surface area contributed by atoms with Gasteiger partial charge >= 0.3 is 5.97 Å². The van der Waals surface area contributed by atoms with Crippen LogP contribution >= 0.6 is 23.2 Å². The Kier molecular flexibility index (Phi) is 5.75. The Morgan fingerprint density at radius 3 is 2.50 bits per heavy atom. The highest BCUT2D eigenvalue weighted by atomic mass is 35.5. The van der Waals surface area contributed by atoms with E-state index in [4.69, 9.17) is 27.9 Å². The van der Waals surface area contributed by atoms with E-state index in [-0.39, 0.29) is 34.4 Å². The van der Waals surface area contributed by atoms with Gasteiger partial charge in [0.25, 0.3) is 5.91 Å². The zero-order chi connectivity index (χ0) is 16.3. The highest BCUT2D eigenvalue weighted by Gasteiger charge is 2.21. The largest absolute Gasteiger partial charge is 0.451 e. The second kappa shape index (κ2) is 7.38. The highest BCUT2D eigenvalue weighted by molar-refractivity contribution is 6.41. The summed E-state index contributed by atoms with van der Waals surface area (Å²) in [5, 5.41) is 3.44. The van der Waals surface area contributed by atoms with Gasteiger partial charge in [-0.05, 0) is 37.7 Å². The van der Waals surface area contributed by atoms with Crippen LogP contribution in [0.5, 0.6) is 0 Å². The van der Waals surface area contributed by atoms with E-state index < -0.39 is 5.97 Å². The normalized spacial score (nSPS) is 21.5. The number of hydrogen-bond donors (Lipinski definition) is 1. The van der Waals surface area contributed by atoms with Crippen molar-refractivity contribution < 1.29 is 14.3 Å². The number of aromatic nitrogens is 1. The van der Waals surface area contributed by atoms with Gasteiger partial charge in [-0.25, -0.2) is 4.79 Å². The summed E-state index contributed by atoms with van der Waals surface area (Å²) < 4.78 is 6.44. The van der Waals surface area contributed by atoms with Crippen LogP contribution in [0.15, 0.2) is 6.07 Å². The predicted octanol–water partition coefficient (Wildman–Crippen LogP) is 3.18. The molecule has 0 unspecified atom stereocenters. The van der Waals surface area contributed by atoms with Crippen LogP contribution in [0.1, 0.15) is 43.1 Å². The fraction of sp³-hybridized carbons (Fsp3) is 0.600. The molecule has 1 aromatic rings. The van der Waals surface area contributed by atoms with Gasteiger partial charge in [0.05, 0.1) is 5.02 Å². The summed E-state index contributed by atoms with van der Waals surface area (Å²) >= 11 is 11.7. The average molecular weight is 347 g/mol. The number of esters is 1. The van der Waals surface area contributed by atoms with E-state index in [2.05, 4.69) is 12.2 Å². The first kappa shape index (κ1) is 17.2. The lowest BCUT2D eigenvalue weighted by Gasteiger charge is -2.26. The van der Waals surface area contributed by atoms with Gasteiger partial charge in [-0.3, -0.25) is 4.79 Å². The first-order chi connectivity index (χ1) is 10.4. The van der Waals surface area contributed by atoms with Crippen LogP contribution in [0.2, 0.25) is 10.2 Å². The standard InChI is InChI=1S/C15H20Cl2N2O3/c1-9-3-5-10(6-4-9)18-13(20)8-22-15(21)12-7-11(16)14(17)19(12)2/h7,9-10H,3-6,8H2,1-2H3,(H,18,20). The lowest BCUT2D eigenvalue weighted by molar-refractivity contribution is -0.125. The van der Waals surface area contributed by atoms with Crippen molar-refractivity contribution in [2.75, 3.05) is 6.61 Å². The fourth-order valence-electron chi connectivity index (χ4n) is 2.62. The van der Waals surface area contributed by atoms with Crippen molar-refractivity contribution in [3.8, 4) is 0 Å². The molecule has 122 valence electrons. The van der Waals surface area contributed by atoms with Crippen molar-refractivity contribution in [2.24, 2.45) is 13.0 Å². The first-order valence-electron chi connectivity index (χ1n) is 7.35. The topological polar surface area (TPSA) is 60.3 Å². The lowest BCUT2D eigenvalue weighted by atomic mass is 9.87. The number of carbonyl (C=O) groups excluding carboxylic acids is 2. The summed E-state index contributed by atoms with van der Waals surface area (Å²) in [6.07, 6.45) is 4.18. The molecule has 2 rings (SSSR count). The van der Waals surface area contributed by atoms with Crippen molar-refractivity contribution in [3.63, 3.8) is 0 Å². The van der Waals surface area contributed by atoms with Crippen molar-refractivity contribution >= 4 is 35.1 Å².